The second kappa shape index (κ2) is 7.68. The Morgan fingerprint density at radius 2 is 2.00 bits per heavy atom. The molecular weight excluding hydrogens is 354 g/mol. The Bertz CT molecular complexity index is 1040. The van der Waals surface area contributed by atoms with Crippen molar-refractivity contribution in [3.63, 3.8) is 0 Å². The molecule has 1 aliphatic rings. The number of nitrogens with zero attached hydrogens (tertiary/aromatic N) is 1. The first-order valence-electron chi connectivity index (χ1n) is 9.70. The van der Waals surface area contributed by atoms with Gasteiger partial charge < -0.3 is 14.3 Å². The van der Waals surface area contributed by atoms with Gasteiger partial charge >= 0.3 is 5.63 Å². The lowest BCUT2D eigenvalue weighted by Gasteiger charge is -2.31. The van der Waals surface area contributed by atoms with Crippen LogP contribution in [0.2, 0.25) is 0 Å². The van der Waals surface area contributed by atoms with Gasteiger partial charge in [-0.1, -0.05) is 19.1 Å². The van der Waals surface area contributed by atoms with E-state index in [1.807, 2.05) is 30.3 Å². The lowest BCUT2D eigenvalue weighted by molar-refractivity contribution is 0.175. The fourth-order valence-corrected chi connectivity index (χ4v) is 4.01. The van der Waals surface area contributed by atoms with Crippen molar-refractivity contribution in [2.75, 3.05) is 20.2 Å². The third-order valence-electron chi connectivity index (χ3n) is 5.50. The van der Waals surface area contributed by atoms with Crippen LogP contribution in [-0.4, -0.2) is 30.2 Å². The molecule has 0 bridgehead atoms. The summed E-state index contributed by atoms with van der Waals surface area (Å²) in [6.45, 7) is 4.81. The summed E-state index contributed by atoms with van der Waals surface area (Å²) in [6.07, 6.45) is 2.39. The largest absolute Gasteiger partial charge is 0.507 e. The molecule has 0 aliphatic carbocycles. The summed E-state index contributed by atoms with van der Waals surface area (Å²) in [5.74, 6) is 1.54. The highest BCUT2D eigenvalue weighted by molar-refractivity contribution is 5.85. The number of benzene rings is 2. The van der Waals surface area contributed by atoms with Crippen LogP contribution in [0.25, 0.3) is 22.1 Å². The summed E-state index contributed by atoms with van der Waals surface area (Å²) in [4.78, 5) is 15.0. The molecule has 1 aliphatic heterocycles. The van der Waals surface area contributed by atoms with Crippen LogP contribution in [0.3, 0.4) is 0 Å². The normalized spacial score (nSPS) is 17.7. The number of rotatable bonds is 4. The van der Waals surface area contributed by atoms with Crippen LogP contribution in [0.4, 0.5) is 0 Å². The number of hydrogen-bond donors (Lipinski definition) is 1. The van der Waals surface area contributed by atoms with Crippen LogP contribution in [0.5, 0.6) is 11.5 Å². The Kier molecular flexibility index (Phi) is 5.09. The number of fused-ring (bicyclic) bond motifs is 1. The average molecular weight is 379 g/mol. The van der Waals surface area contributed by atoms with Gasteiger partial charge in [-0.2, -0.15) is 0 Å². The first-order chi connectivity index (χ1) is 13.5. The molecule has 1 fully saturated rings. The second-order valence-electron chi connectivity index (χ2n) is 7.64. The molecule has 5 nitrogen and oxygen atoms in total. The average Bonchev–Trinajstić information content (AvgIpc) is 2.70. The lowest BCUT2D eigenvalue weighted by atomic mass is 9.99. The monoisotopic (exact) mass is 379 g/mol. The van der Waals surface area contributed by atoms with Gasteiger partial charge in [-0.05, 0) is 61.2 Å². The molecule has 2 heterocycles. The van der Waals surface area contributed by atoms with Crippen LogP contribution in [0.15, 0.2) is 51.7 Å². The molecule has 1 N–H and O–H groups in total. The van der Waals surface area contributed by atoms with Gasteiger partial charge in [-0.3, -0.25) is 4.90 Å². The number of phenolic OH excluding ortho intramolecular Hbond substituents is 1. The Morgan fingerprint density at radius 3 is 2.71 bits per heavy atom. The summed E-state index contributed by atoms with van der Waals surface area (Å²) < 4.78 is 10.9. The zero-order valence-electron chi connectivity index (χ0n) is 16.3. The van der Waals surface area contributed by atoms with E-state index in [0.29, 0.717) is 29.2 Å². The van der Waals surface area contributed by atoms with E-state index in [9.17, 15) is 9.90 Å². The number of likely N-dealkylation sites (tertiary alicyclic amines) is 1. The maximum absolute atomic E-state index is 12.7. The molecule has 146 valence electrons. The Hall–Kier alpha value is -2.79. The molecule has 1 aromatic heterocycles. The first kappa shape index (κ1) is 18.6. The number of phenols is 1. The topological polar surface area (TPSA) is 62.9 Å². The van der Waals surface area contributed by atoms with E-state index in [1.54, 1.807) is 19.2 Å². The molecular formula is C23H25NO4. The Morgan fingerprint density at radius 1 is 1.21 bits per heavy atom. The number of methoxy groups -OCH3 is 1. The molecule has 1 atom stereocenters. The molecule has 0 radical (unpaired) electrons. The predicted octanol–water partition coefficient (Wildman–Crippen LogP) is 4.41. The predicted molar refractivity (Wildman–Crippen MR) is 110 cm³/mol. The highest BCUT2D eigenvalue weighted by atomic mass is 16.5. The zero-order valence-corrected chi connectivity index (χ0v) is 16.3. The smallest absolute Gasteiger partial charge is 0.344 e. The van der Waals surface area contributed by atoms with Gasteiger partial charge in [0.1, 0.15) is 17.1 Å². The van der Waals surface area contributed by atoms with Gasteiger partial charge in [0.25, 0.3) is 0 Å². The first-order valence-corrected chi connectivity index (χ1v) is 9.70. The number of piperidine rings is 1. The van der Waals surface area contributed by atoms with E-state index in [0.717, 1.165) is 36.2 Å². The molecule has 2 aromatic carbocycles. The minimum Gasteiger partial charge on any atom is -0.507 e. The van der Waals surface area contributed by atoms with E-state index in [-0.39, 0.29) is 5.75 Å². The van der Waals surface area contributed by atoms with E-state index in [2.05, 4.69) is 11.8 Å². The van der Waals surface area contributed by atoms with Crippen molar-refractivity contribution >= 4 is 11.0 Å². The van der Waals surface area contributed by atoms with Crippen molar-refractivity contribution in [1.82, 2.24) is 4.90 Å². The zero-order chi connectivity index (χ0) is 19.7. The van der Waals surface area contributed by atoms with Crippen molar-refractivity contribution in [2.45, 2.75) is 26.3 Å². The second-order valence-corrected chi connectivity index (χ2v) is 7.64. The van der Waals surface area contributed by atoms with Gasteiger partial charge in [0.2, 0.25) is 0 Å². The number of hydrogen-bond acceptors (Lipinski definition) is 5. The van der Waals surface area contributed by atoms with Crippen LogP contribution >= 0.6 is 0 Å². The molecule has 5 heteroatoms. The number of ether oxygens (including phenoxy) is 1. The molecule has 28 heavy (non-hydrogen) atoms. The highest BCUT2D eigenvalue weighted by Gasteiger charge is 2.20. The maximum Gasteiger partial charge on any atom is 0.344 e. The van der Waals surface area contributed by atoms with Gasteiger partial charge in [0.15, 0.2) is 0 Å². The molecule has 0 unspecified atom stereocenters. The summed E-state index contributed by atoms with van der Waals surface area (Å²) in [6, 6.07) is 12.6. The summed E-state index contributed by atoms with van der Waals surface area (Å²) in [5, 5.41) is 11.2. The third-order valence-corrected chi connectivity index (χ3v) is 5.50. The van der Waals surface area contributed by atoms with Crippen LogP contribution in [0, 0.1) is 5.92 Å². The molecule has 1 saturated heterocycles. The standard InChI is InChI=1S/C23H25NO4/c1-15-4-3-11-24(13-15)14-20-21(25)10-7-17-12-19(23(26)28-22(17)20)16-5-8-18(27-2)9-6-16/h5-10,12,15,25H,3-4,11,13-14H2,1-2H3/t15-/m0/s1. The molecule has 0 spiro atoms. The van der Waals surface area contributed by atoms with E-state index < -0.39 is 5.63 Å². The van der Waals surface area contributed by atoms with E-state index in [4.69, 9.17) is 9.15 Å². The van der Waals surface area contributed by atoms with Crippen molar-refractivity contribution in [1.29, 1.82) is 0 Å². The van der Waals surface area contributed by atoms with Crippen LogP contribution in [-0.2, 0) is 6.54 Å². The SMILES string of the molecule is COc1ccc(-c2cc3ccc(O)c(CN4CCC[C@H](C)C4)c3oc2=O)cc1. The fourth-order valence-electron chi connectivity index (χ4n) is 4.01. The van der Waals surface area contributed by atoms with Crippen LogP contribution < -0.4 is 10.4 Å². The van der Waals surface area contributed by atoms with Gasteiger partial charge in [-0.25, -0.2) is 4.79 Å². The fraction of sp³-hybridized carbons (Fsp3) is 0.348. The summed E-state index contributed by atoms with van der Waals surface area (Å²) in [5.41, 5.74) is 2.02. The minimum absolute atomic E-state index is 0.172. The van der Waals surface area contributed by atoms with E-state index >= 15 is 0 Å². The van der Waals surface area contributed by atoms with Crippen molar-refractivity contribution in [3.05, 3.63) is 58.4 Å². The third kappa shape index (κ3) is 3.62. The highest BCUT2D eigenvalue weighted by Crippen LogP contribution is 2.31. The quantitative estimate of drug-likeness (QED) is 0.681. The maximum atomic E-state index is 12.7. The molecule has 3 aromatic rings. The van der Waals surface area contributed by atoms with Crippen molar-refractivity contribution in [2.24, 2.45) is 5.92 Å². The van der Waals surface area contributed by atoms with E-state index in [1.165, 1.54) is 6.42 Å². The van der Waals surface area contributed by atoms with Gasteiger partial charge in [0, 0.05) is 18.5 Å². The Balaban J connectivity index is 1.74. The number of aromatic hydroxyl groups is 1. The molecule has 0 amide bonds. The van der Waals surface area contributed by atoms with Crippen LogP contribution in [0.1, 0.15) is 25.3 Å². The summed E-state index contributed by atoms with van der Waals surface area (Å²) in [7, 11) is 1.61. The van der Waals surface area contributed by atoms with Gasteiger partial charge in [-0.15, -0.1) is 0 Å². The minimum atomic E-state index is -0.406. The Labute approximate surface area is 164 Å². The van der Waals surface area contributed by atoms with Crippen molar-refractivity contribution in [3.8, 4) is 22.6 Å². The molecule has 4 rings (SSSR count). The summed E-state index contributed by atoms with van der Waals surface area (Å²) >= 11 is 0. The lowest BCUT2D eigenvalue weighted by Crippen LogP contribution is -2.33. The molecule has 0 saturated carbocycles. The van der Waals surface area contributed by atoms with Crippen molar-refractivity contribution < 1.29 is 14.3 Å². The van der Waals surface area contributed by atoms with Gasteiger partial charge in [0.05, 0.1) is 18.2 Å².